The Morgan fingerprint density at radius 3 is 2.52 bits per heavy atom. The number of aliphatic hydroxyl groups excluding tert-OH is 1. The van der Waals surface area contributed by atoms with E-state index in [1.165, 1.54) is 0 Å². The lowest BCUT2D eigenvalue weighted by Gasteiger charge is -2.21. The minimum Gasteiger partial charge on any atom is -0.394 e. The number of benzene rings is 1. The van der Waals surface area contributed by atoms with Crippen LogP contribution in [0.15, 0.2) is 30.3 Å². The first-order valence-electron chi connectivity index (χ1n) is 8.37. The van der Waals surface area contributed by atoms with E-state index in [1.807, 2.05) is 51.1 Å². The molecule has 138 valence electrons. The average molecular weight is 366 g/mol. The Bertz CT molecular complexity index is 707. The van der Waals surface area contributed by atoms with Crippen molar-refractivity contribution in [2.24, 2.45) is 11.3 Å². The van der Waals surface area contributed by atoms with Crippen molar-refractivity contribution in [2.75, 3.05) is 13.2 Å². The van der Waals surface area contributed by atoms with E-state index in [1.54, 1.807) is 0 Å². The fourth-order valence-corrected chi connectivity index (χ4v) is 4.37. The molecule has 7 heteroatoms. The van der Waals surface area contributed by atoms with Crippen molar-refractivity contribution >= 4 is 10.1 Å². The molecule has 0 amide bonds. The molecule has 0 bridgehead atoms. The molecule has 0 spiro atoms. The van der Waals surface area contributed by atoms with Crippen LogP contribution in [0.25, 0.3) is 0 Å². The molecule has 1 aromatic rings. The Morgan fingerprint density at radius 1 is 1.36 bits per heavy atom. The van der Waals surface area contributed by atoms with Gasteiger partial charge in [0.1, 0.15) is 6.04 Å². The van der Waals surface area contributed by atoms with Crippen molar-refractivity contribution < 1.29 is 17.7 Å². The summed E-state index contributed by atoms with van der Waals surface area (Å²) in [5, 5.41) is 21.5. The standard InChI is InChI=1S/C18H26N2O4S/c1-18(2,3)12-24-25(22,23)17-9-14(17)15(10-19)20-16(11-21)13-7-5-4-6-8-13/h4-8,14-17,20-21H,9,11-12H2,1-3H3/t14-,15+,16+,17-/m1/s1. The van der Waals surface area contributed by atoms with Gasteiger partial charge in [0, 0.05) is 5.92 Å². The zero-order valence-corrected chi connectivity index (χ0v) is 15.7. The predicted molar refractivity (Wildman–Crippen MR) is 95.0 cm³/mol. The summed E-state index contributed by atoms with van der Waals surface area (Å²) in [6, 6.07) is 10.4. The summed E-state index contributed by atoms with van der Waals surface area (Å²) in [4.78, 5) is 0. The minimum atomic E-state index is -3.69. The monoisotopic (exact) mass is 366 g/mol. The van der Waals surface area contributed by atoms with Crippen molar-refractivity contribution in [2.45, 2.75) is 44.5 Å². The molecular weight excluding hydrogens is 340 g/mol. The smallest absolute Gasteiger partial charge is 0.270 e. The van der Waals surface area contributed by atoms with Crippen molar-refractivity contribution in [3.05, 3.63) is 35.9 Å². The third-order valence-electron chi connectivity index (χ3n) is 4.14. The van der Waals surface area contributed by atoms with Gasteiger partial charge in [-0.2, -0.15) is 13.7 Å². The summed E-state index contributed by atoms with van der Waals surface area (Å²) >= 11 is 0. The summed E-state index contributed by atoms with van der Waals surface area (Å²) in [5.41, 5.74) is 0.605. The van der Waals surface area contributed by atoms with Crippen LogP contribution < -0.4 is 5.32 Å². The quantitative estimate of drug-likeness (QED) is 0.683. The number of rotatable bonds is 8. The van der Waals surface area contributed by atoms with E-state index in [0.29, 0.717) is 6.42 Å². The van der Waals surface area contributed by atoms with Gasteiger partial charge in [-0.15, -0.1) is 0 Å². The van der Waals surface area contributed by atoms with Crippen LogP contribution >= 0.6 is 0 Å². The Balaban J connectivity index is 2.00. The SMILES string of the molecule is CC(C)(C)COS(=O)(=O)[C@@H]1C[C@@H]1[C@H](C#N)N[C@@H](CO)c1ccccc1. The van der Waals surface area contributed by atoms with Gasteiger partial charge in [0.2, 0.25) is 0 Å². The Kier molecular flexibility index (Phi) is 6.22. The maximum atomic E-state index is 12.3. The lowest BCUT2D eigenvalue weighted by Crippen LogP contribution is -2.37. The molecule has 25 heavy (non-hydrogen) atoms. The molecule has 6 nitrogen and oxygen atoms in total. The van der Waals surface area contributed by atoms with Gasteiger partial charge in [-0.3, -0.25) is 9.50 Å². The van der Waals surface area contributed by atoms with Gasteiger partial charge < -0.3 is 5.11 Å². The molecule has 1 aliphatic rings. The van der Waals surface area contributed by atoms with Crippen LogP contribution in [-0.4, -0.2) is 38.0 Å². The maximum Gasteiger partial charge on any atom is 0.270 e. The molecule has 1 fully saturated rings. The van der Waals surface area contributed by atoms with E-state index in [0.717, 1.165) is 5.56 Å². The first kappa shape index (κ1) is 19.9. The molecule has 0 heterocycles. The van der Waals surface area contributed by atoms with E-state index >= 15 is 0 Å². The highest BCUT2D eigenvalue weighted by molar-refractivity contribution is 7.87. The molecule has 1 aromatic carbocycles. The van der Waals surface area contributed by atoms with Crippen LogP contribution in [0.1, 0.15) is 38.8 Å². The first-order valence-corrected chi connectivity index (χ1v) is 9.85. The highest BCUT2D eigenvalue weighted by Crippen LogP contribution is 2.41. The second kappa shape index (κ2) is 7.83. The average Bonchev–Trinajstić information content (AvgIpc) is 3.36. The third kappa shape index (κ3) is 5.51. The Morgan fingerprint density at radius 2 is 2.00 bits per heavy atom. The summed E-state index contributed by atoms with van der Waals surface area (Å²) in [6.45, 7) is 5.65. The van der Waals surface area contributed by atoms with Gasteiger partial charge >= 0.3 is 0 Å². The van der Waals surface area contributed by atoms with Gasteiger partial charge in [0.25, 0.3) is 10.1 Å². The highest BCUT2D eigenvalue weighted by atomic mass is 32.2. The van der Waals surface area contributed by atoms with Gasteiger partial charge in [0.05, 0.1) is 30.6 Å². The fourth-order valence-electron chi connectivity index (χ4n) is 2.63. The van der Waals surface area contributed by atoms with Crippen LogP contribution in [0.3, 0.4) is 0 Å². The van der Waals surface area contributed by atoms with E-state index in [9.17, 15) is 18.8 Å². The molecule has 2 N–H and O–H groups in total. The van der Waals surface area contributed by atoms with Gasteiger partial charge in [-0.1, -0.05) is 51.1 Å². The Labute approximate surface area is 149 Å². The summed E-state index contributed by atoms with van der Waals surface area (Å²) < 4.78 is 29.7. The number of hydrogen-bond donors (Lipinski definition) is 2. The molecule has 2 rings (SSSR count). The highest BCUT2D eigenvalue weighted by Gasteiger charge is 2.53. The fraction of sp³-hybridized carbons (Fsp3) is 0.611. The first-order chi connectivity index (χ1) is 11.7. The number of nitrogens with zero attached hydrogens (tertiary/aromatic N) is 1. The van der Waals surface area contributed by atoms with Crippen molar-refractivity contribution in [1.82, 2.24) is 5.32 Å². The topological polar surface area (TPSA) is 99.4 Å². The van der Waals surface area contributed by atoms with E-state index in [2.05, 4.69) is 11.4 Å². The van der Waals surface area contributed by atoms with Crippen LogP contribution in [0.5, 0.6) is 0 Å². The van der Waals surface area contributed by atoms with Crippen LogP contribution in [0, 0.1) is 22.7 Å². The largest absolute Gasteiger partial charge is 0.394 e. The molecule has 4 atom stereocenters. The summed E-state index contributed by atoms with van der Waals surface area (Å²) in [6.07, 6.45) is 0.393. The number of nitrogens with one attached hydrogen (secondary N) is 1. The van der Waals surface area contributed by atoms with E-state index < -0.39 is 27.5 Å². The van der Waals surface area contributed by atoms with Crippen LogP contribution in [-0.2, 0) is 14.3 Å². The molecular formula is C18H26N2O4S. The van der Waals surface area contributed by atoms with E-state index in [4.69, 9.17) is 4.18 Å². The molecule has 0 saturated heterocycles. The normalized spacial score (nSPS) is 22.8. The molecule has 1 aliphatic carbocycles. The zero-order chi connectivity index (χ0) is 18.7. The lowest BCUT2D eigenvalue weighted by atomic mass is 9.99. The molecule has 1 saturated carbocycles. The second-order valence-electron chi connectivity index (χ2n) is 7.67. The third-order valence-corrected chi connectivity index (χ3v) is 5.87. The zero-order valence-electron chi connectivity index (χ0n) is 14.8. The van der Waals surface area contributed by atoms with Gasteiger partial charge in [-0.25, -0.2) is 0 Å². The van der Waals surface area contributed by atoms with Gasteiger partial charge in [0.15, 0.2) is 0 Å². The van der Waals surface area contributed by atoms with Crippen LogP contribution in [0.2, 0.25) is 0 Å². The number of nitriles is 1. The van der Waals surface area contributed by atoms with E-state index in [-0.39, 0.29) is 24.5 Å². The number of aliphatic hydroxyl groups is 1. The maximum absolute atomic E-state index is 12.3. The van der Waals surface area contributed by atoms with Crippen LogP contribution in [0.4, 0.5) is 0 Å². The molecule has 0 unspecified atom stereocenters. The lowest BCUT2D eigenvalue weighted by molar-refractivity contribution is 0.202. The van der Waals surface area contributed by atoms with Crippen molar-refractivity contribution in [3.63, 3.8) is 0 Å². The second-order valence-corrected chi connectivity index (χ2v) is 9.50. The minimum absolute atomic E-state index is 0.118. The summed E-state index contributed by atoms with van der Waals surface area (Å²) in [5.74, 6) is -0.326. The summed E-state index contributed by atoms with van der Waals surface area (Å²) in [7, 11) is -3.69. The molecule has 0 radical (unpaired) electrons. The van der Waals surface area contributed by atoms with Gasteiger partial charge in [-0.05, 0) is 17.4 Å². The molecule has 0 aliphatic heterocycles. The van der Waals surface area contributed by atoms with Crippen molar-refractivity contribution in [3.8, 4) is 6.07 Å². The van der Waals surface area contributed by atoms with Crippen molar-refractivity contribution in [1.29, 1.82) is 5.26 Å². The molecule has 0 aromatic heterocycles. The number of hydrogen-bond acceptors (Lipinski definition) is 6. The Hall–Kier alpha value is -1.46. The predicted octanol–water partition coefficient (Wildman–Crippen LogP) is 1.98.